The van der Waals surface area contributed by atoms with Gasteiger partial charge in [0.1, 0.15) is 12.1 Å². The van der Waals surface area contributed by atoms with Crippen LogP contribution in [0.4, 0.5) is 5.82 Å². The summed E-state index contributed by atoms with van der Waals surface area (Å²) < 4.78 is 1.47. The van der Waals surface area contributed by atoms with Crippen LogP contribution in [0, 0.1) is 0 Å². The molecule has 0 spiro atoms. The van der Waals surface area contributed by atoms with Gasteiger partial charge in [0.15, 0.2) is 11.8 Å². The first-order valence-corrected chi connectivity index (χ1v) is 9.74. The predicted octanol–water partition coefficient (Wildman–Crippen LogP) is 4.16. The second-order valence-corrected chi connectivity index (χ2v) is 7.61. The molecule has 29 heavy (non-hydrogen) atoms. The molecule has 0 radical (unpaired) electrons. The summed E-state index contributed by atoms with van der Waals surface area (Å²) in [6.07, 6.45) is 4.05. The van der Waals surface area contributed by atoms with Gasteiger partial charge in [-0.3, -0.25) is 4.57 Å². The zero-order chi connectivity index (χ0) is 20.0. The van der Waals surface area contributed by atoms with Gasteiger partial charge in [0.05, 0.1) is 12.1 Å². The third-order valence-corrected chi connectivity index (χ3v) is 5.58. The van der Waals surface area contributed by atoms with Gasteiger partial charge in [0, 0.05) is 30.6 Å². The van der Waals surface area contributed by atoms with Gasteiger partial charge in [0.2, 0.25) is 0 Å². The quantitative estimate of drug-likeness (QED) is 0.539. The fraction of sp³-hybridized carbons (Fsp3) is 0.217. The van der Waals surface area contributed by atoms with Crippen LogP contribution in [0.3, 0.4) is 0 Å². The molecule has 2 N–H and O–H groups in total. The van der Waals surface area contributed by atoms with Gasteiger partial charge in [-0.2, -0.15) is 0 Å². The smallest absolute Gasteiger partial charge is 0.194 e. The molecule has 0 unspecified atom stereocenters. The van der Waals surface area contributed by atoms with Crippen molar-refractivity contribution in [3.8, 4) is 22.9 Å². The van der Waals surface area contributed by atoms with Crippen molar-refractivity contribution < 1.29 is 10.2 Å². The van der Waals surface area contributed by atoms with Crippen molar-refractivity contribution in [3.63, 3.8) is 0 Å². The van der Waals surface area contributed by atoms with Gasteiger partial charge < -0.3 is 15.1 Å². The number of aromatic hydroxyl groups is 2. The topological polar surface area (TPSA) is 74.4 Å². The van der Waals surface area contributed by atoms with Crippen LogP contribution in [-0.4, -0.2) is 37.8 Å². The van der Waals surface area contributed by atoms with Gasteiger partial charge in [-0.15, -0.1) is 0 Å². The van der Waals surface area contributed by atoms with Crippen molar-refractivity contribution in [1.82, 2.24) is 14.5 Å². The summed E-state index contributed by atoms with van der Waals surface area (Å²) in [6, 6.07) is 17.9. The summed E-state index contributed by atoms with van der Waals surface area (Å²) in [4.78, 5) is 11.2. The summed E-state index contributed by atoms with van der Waals surface area (Å²) in [5.74, 6) is 1.06. The molecule has 1 saturated carbocycles. The normalized spacial score (nSPS) is 13.7. The molecule has 0 aliphatic heterocycles. The molecule has 2 aromatic carbocycles. The average Bonchev–Trinajstić information content (AvgIpc) is 3.55. The Balaban J connectivity index is 1.53. The Labute approximate surface area is 168 Å². The Hall–Kier alpha value is -3.54. The maximum Gasteiger partial charge on any atom is 0.194 e. The molecule has 5 rings (SSSR count). The van der Waals surface area contributed by atoms with Crippen molar-refractivity contribution in [1.29, 1.82) is 0 Å². The minimum absolute atomic E-state index is 0.0449. The van der Waals surface area contributed by atoms with Crippen LogP contribution in [0.5, 0.6) is 11.8 Å². The Kier molecular flexibility index (Phi) is 4.12. The van der Waals surface area contributed by atoms with Gasteiger partial charge in [0.25, 0.3) is 0 Å². The van der Waals surface area contributed by atoms with E-state index in [1.165, 1.54) is 29.5 Å². The molecule has 0 bridgehead atoms. The Bertz CT molecular complexity index is 1180. The first-order chi connectivity index (χ1) is 14.1. The number of nitrogens with zero attached hydrogens (tertiary/aromatic N) is 4. The van der Waals surface area contributed by atoms with Gasteiger partial charge in [-0.05, 0) is 47.7 Å². The van der Waals surface area contributed by atoms with Crippen molar-refractivity contribution in [2.45, 2.75) is 25.4 Å². The van der Waals surface area contributed by atoms with Crippen molar-refractivity contribution >= 4 is 16.7 Å². The first-order valence-electron chi connectivity index (χ1n) is 9.74. The third kappa shape index (κ3) is 3.27. The zero-order valence-electron chi connectivity index (χ0n) is 16.2. The number of benzene rings is 2. The SMILES string of the molecule is CN(c1ncnc2ccc(-c3cccc(Cn4c(O)ccc4O)c3)cc12)C1CC1. The molecular formula is C23H22N4O2. The number of fused-ring (bicyclic) bond motifs is 1. The van der Waals surface area contributed by atoms with E-state index in [1.54, 1.807) is 6.33 Å². The van der Waals surface area contributed by atoms with Crippen molar-refractivity contribution in [2.24, 2.45) is 0 Å². The van der Waals surface area contributed by atoms with Crippen LogP contribution < -0.4 is 4.90 Å². The van der Waals surface area contributed by atoms with Crippen molar-refractivity contribution in [3.05, 3.63) is 66.5 Å². The zero-order valence-corrected chi connectivity index (χ0v) is 16.2. The van der Waals surface area contributed by atoms with E-state index in [2.05, 4.69) is 46.2 Å². The molecule has 4 aromatic rings. The summed E-state index contributed by atoms with van der Waals surface area (Å²) in [7, 11) is 2.10. The number of hydrogen-bond acceptors (Lipinski definition) is 5. The van der Waals surface area contributed by atoms with E-state index in [0.717, 1.165) is 33.4 Å². The molecule has 0 amide bonds. The van der Waals surface area contributed by atoms with Gasteiger partial charge in [-0.25, -0.2) is 9.97 Å². The van der Waals surface area contributed by atoms with Crippen LogP contribution in [0.2, 0.25) is 0 Å². The molecule has 2 aromatic heterocycles. The lowest BCUT2D eigenvalue weighted by Crippen LogP contribution is -2.21. The summed E-state index contributed by atoms with van der Waals surface area (Å²) >= 11 is 0. The van der Waals surface area contributed by atoms with Gasteiger partial charge >= 0.3 is 0 Å². The Morgan fingerprint density at radius 1 is 0.966 bits per heavy atom. The average molecular weight is 386 g/mol. The van der Waals surface area contributed by atoms with E-state index in [-0.39, 0.29) is 11.8 Å². The lowest BCUT2D eigenvalue weighted by atomic mass is 10.0. The number of aromatic nitrogens is 3. The maximum absolute atomic E-state index is 9.91. The van der Waals surface area contributed by atoms with Crippen LogP contribution in [0.25, 0.3) is 22.0 Å². The highest BCUT2D eigenvalue weighted by Gasteiger charge is 2.28. The minimum atomic E-state index is 0.0449. The molecule has 2 heterocycles. The van der Waals surface area contributed by atoms with Gasteiger partial charge in [-0.1, -0.05) is 24.3 Å². The van der Waals surface area contributed by atoms with E-state index in [0.29, 0.717) is 12.6 Å². The highest BCUT2D eigenvalue weighted by molar-refractivity contribution is 5.93. The molecular weight excluding hydrogens is 364 g/mol. The lowest BCUT2D eigenvalue weighted by molar-refractivity contribution is 0.377. The summed E-state index contributed by atoms with van der Waals surface area (Å²) in [6.45, 7) is 0.394. The predicted molar refractivity (Wildman–Crippen MR) is 113 cm³/mol. The third-order valence-electron chi connectivity index (χ3n) is 5.58. The highest BCUT2D eigenvalue weighted by Crippen LogP contribution is 2.34. The second kappa shape index (κ2) is 6.81. The summed E-state index contributed by atoms with van der Waals surface area (Å²) in [5.41, 5.74) is 4.08. The molecule has 0 saturated heterocycles. The fourth-order valence-electron chi connectivity index (χ4n) is 3.78. The lowest BCUT2D eigenvalue weighted by Gasteiger charge is -2.19. The number of anilines is 1. The van der Waals surface area contributed by atoms with Crippen LogP contribution in [0.15, 0.2) is 60.9 Å². The summed E-state index contributed by atoms with van der Waals surface area (Å²) in [5, 5.41) is 20.9. The van der Waals surface area contributed by atoms with Crippen LogP contribution in [0.1, 0.15) is 18.4 Å². The van der Waals surface area contributed by atoms with E-state index in [9.17, 15) is 10.2 Å². The largest absolute Gasteiger partial charge is 0.494 e. The first kappa shape index (κ1) is 17.6. The molecule has 6 heteroatoms. The van der Waals surface area contributed by atoms with E-state index < -0.39 is 0 Å². The van der Waals surface area contributed by atoms with E-state index >= 15 is 0 Å². The molecule has 6 nitrogen and oxygen atoms in total. The van der Waals surface area contributed by atoms with Crippen LogP contribution >= 0.6 is 0 Å². The highest BCUT2D eigenvalue weighted by atomic mass is 16.3. The molecule has 146 valence electrons. The maximum atomic E-state index is 9.91. The molecule has 1 aliphatic carbocycles. The Morgan fingerprint density at radius 3 is 2.48 bits per heavy atom. The van der Waals surface area contributed by atoms with Crippen molar-refractivity contribution in [2.75, 3.05) is 11.9 Å². The standard InChI is InChI=1S/C23H22N4O2/c1-26(18-6-7-18)23-19-12-17(5-8-20(19)24-14-25-23)16-4-2-3-15(11-16)13-27-21(28)9-10-22(27)29/h2-5,8-12,14,18,28-29H,6-7,13H2,1H3. The molecule has 1 aliphatic rings. The second-order valence-electron chi connectivity index (χ2n) is 7.61. The minimum Gasteiger partial charge on any atom is -0.494 e. The number of hydrogen-bond donors (Lipinski definition) is 2. The van der Waals surface area contributed by atoms with Crippen LogP contribution in [-0.2, 0) is 6.54 Å². The molecule has 0 atom stereocenters. The fourth-order valence-corrected chi connectivity index (χ4v) is 3.78. The van der Waals surface area contributed by atoms with E-state index in [1.807, 2.05) is 18.2 Å². The van der Waals surface area contributed by atoms with E-state index in [4.69, 9.17) is 0 Å². The molecule has 1 fully saturated rings. The monoisotopic (exact) mass is 386 g/mol. The Morgan fingerprint density at radius 2 is 1.72 bits per heavy atom. The number of rotatable bonds is 5.